The summed E-state index contributed by atoms with van der Waals surface area (Å²) in [6.07, 6.45) is -1.21. The molecular weight excluding hydrogens is 392 g/mol. The molecular formula is C16H18N4O7S. The number of imidazole rings is 1. The fourth-order valence-electron chi connectivity index (χ4n) is 3.03. The highest BCUT2D eigenvalue weighted by atomic mass is 32.1. The number of aromatic amines is 1. The second kappa shape index (κ2) is 8.02. The Bertz CT molecular complexity index is 971. The standard InChI is InChI=1S/C16H18N4O7S/c1-7(21)25-10-4-24-16(13(27-9(3)23)12(10)26-8(2)22)20-6-19-11-14(20)17-5-18-15(11)28/h5-6,10,12-13,16H,4H2,1-3H3,(H,17,18,28)/t10-,12+,13+,16-/m0/s1. The zero-order valence-electron chi connectivity index (χ0n) is 15.3. The van der Waals surface area contributed by atoms with Gasteiger partial charge in [-0.1, -0.05) is 12.2 Å². The van der Waals surface area contributed by atoms with Crippen molar-refractivity contribution >= 4 is 41.3 Å². The first-order valence-electron chi connectivity index (χ1n) is 8.31. The van der Waals surface area contributed by atoms with Gasteiger partial charge in [0, 0.05) is 20.8 Å². The minimum absolute atomic E-state index is 0.0918. The molecule has 0 saturated carbocycles. The lowest BCUT2D eigenvalue weighted by molar-refractivity contribution is -0.239. The SMILES string of the molecule is CC(=O)O[C@@H]1[C@H](OC(C)=O)[C@@H](OC(C)=O)CO[C@@H]1n1cnc2c(=S)nc[nH]c21. The number of hydrogen-bond donors (Lipinski definition) is 1. The van der Waals surface area contributed by atoms with E-state index >= 15 is 0 Å². The van der Waals surface area contributed by atoms with Gasteiger partial charge < -0.3 is 23.9 Å². The molecule has 0 spiro atoms. The monoisotopic (exact) mass is 410 g/mol. The Morgan fingerprint density at radius 1 is 1.11 bits per heavy atom. The molecule has 1 aliphatic heterocycles. The van der Waals surface area contributed by atoms with Crippen LogP contribution in [0.4, 0.5) is 0 Å². The Morgan fingerprint density at radius 3 is 2.39 bits per heavy atom. The number of nitrogens with one attached hydrogen (secondary N) is 1. The number of ether oxygens (including phenoxy) is 4. The maximum absolute atomic E-state index is 11.7. The highest BCUT2D eigenvalue weighted by Crippen LogP contribution is 2.32. The smallest absolute Gasteiger partial charge is 0.303 e. The summed E-state index contributed by atoms with van der Waals surface area (Å²) in [6.45, 7) is 3.54. The van der Waals surface area contributed by atoms with Crippen LogP contribution in [-0.4, -0.2) is 62.3 Å². The van der Waals surface area contributed by atoms with Gasteiger partial charge in [0.15, 0.2) is 29.2 Å². The molecule has 3 heterocycles. The molecule has 3 rings (SSSR count). The Morgan fingerprint density at radius 2 is 1.75 bits per heavy atom. The number of carbonyl (C=O) groups excluding carboxylic acids is 3. The second-order valence-corrected chi connectivity index (χ2v) is 6.46. The van der Waals surface area contributed by atoms with E-state index in [1.54, 1.807) is 4.57 Å². The van der Waals surface area contributed by atoms with E-state index in [2.05, 4.69) is 15.0 Å². The van der Waals surface area contributed by atoms with Crippen LogP contribution in [0.3, 0.4) is 0 Å². The summed E-state index contributed by atoms with van der Waals surface area (Å²) in [5.74, 6) is -1.84. The Kier molecular flexibility index (Phi) is 5.70. The molecule has 1 aliphatic rings. The summed E-state index contributed by atoms with van der Waals surface area (Å²) in [5.41, 5.74) is 0.906. The van der Waals surface area contributed by atoms with Crippen LogP contribution in [-0.2, 0) is 33.3 Å². The Hall–Kier alpha value is -2.86. The molecule has 150 valence electrons. The van der Waals surface area contributed by atoms with Crippen LogP contribution in [0.15, 0.2) is 12.7 Å². The molecule has 1 fully saturated rings. The Balaban J connectivity index is 2.05. The van der Waals surface area contributed by atoms with Crippen LogP contribution in [0.5, 0.6) is 0 Å². The van der Waals surface area contributed by atoms with Gasteiger partial charge in [-0.05, 0) is 0 Å². The molecule has 0 bridgehead atoms. The van der Waals surface area contributed by atoms with Gasteiger partial charge in [0.1, 0.15) is 11.2 Å². The zero-order chi connectivity index (χ0) is 20.4. The predicted molar refractivity (Wildman–Crippen MR) is 94.4 cm³/mol. The lowest BCUT2D eigenvalue weighted by atomic mass is 10.0. The lowest BCUT2D eigenvalue weighted by Crippen LogP contribution is -2.55. The predicted octanol–water partition coefficient (Wildman–Crippen LogP) is 0.813. The molecule has 4 atom stereocenters. The molecule has 2 aromatic rings. The third kappa shape index (κ3) is 4.02. The highest BCUT2D eigenvalue weighted by Gasteiger charge is 2.48. The fraction of sp³-hybridized carbons (Fsp3) is 0.500. The molecule has 2 aromatic heterocycles. The quantitative estimate of drug-likeness (QED) is 0.438. The first-order chi connectivity index (χ1) is 13.3. The molecule has 0 aliphatic carbocycles. The minimum atomic E-state index is -1.10. The van der Waals surface area contributed by atoms with Gasteiger partial charge in [0.2, 0.25) is 0 Å². The number of nitrogens with zero attached hydrogens (tertiary/aromatic N) is 3. The van der Waals surface area contributed by atoms with Crippen LogP contribution in [0.2, 0.25) is 0 Å². The van der Waals surface area contributed by atoms with Gasteiger partial charge in [-0.3, -0.25) is 19.0 Å². The van der Waals surface area contributed by atoms with Crippen molar-refractivity contribution in [3.63, 3.8) is 0 Å². The van der Waals surface area contributed by atoms with E-state index in [1.165, 1.54) is 33.4 Å². The van der Waals surface area contributed by atoms with Gasteiger partial charge in [0.05, 0.1) is 19.3 Å². The van der Waals surface area contributed by atoms with Crippen LogP contribution in [0.25, 0.3) is 11.2 Å². The van der Waals surface area contributed by atoms with Crippen molar-refractivity contribution in [2.24, 2.45) is 0 Å². The molecule has 0 aromatic carbocycles. The molecule has 1 saturated heterocycles. The van der Waals surface area contributed by atoms with E-state index in [0.717, 1.165) is 0 Å². The van der Waals surface area contributed by atoms with E-state index in [1.807, 2.05) is 0 Å². The minimum Gasteiger partial charge on any atom is -0.456 e. The van der Waals surface area contributed by atoms with Gasteiger partial charge in [0.25, 0.3) is 0 Å². The maximum atomic E-state index is 11.7. The molecule has 12 heteroatoms. The summed E-state index contributed by atoms with van der Waals surface area (Å²) >= 11 is 5.15. The second-order valence-electron chi connectivity index (χ2n) is 6.08. The zero-order valence-corrected chi connectivity index (χ0v) is 16.1. The lowest BCUT2D eigenvalue weighted by Gasteiger charge is -2.40. The molecule has 28 heavy (non-hydrogen) atoms. The maximum Gasteiger partial charge on any atom is 0.303 e. The molecule has 0 amide bonds. The van der Waals surface area contributed by atoms with Crippen LogP contribution in [0, 0.1) is 4.64 Å². The number of carbonyl (C=O) groups is 3. The van der Waals surface area contributed by atoms with Crippen molar-refractivity contribution in [2.45, 2.75) is 45.3 Å². The summed E-state index contributed by atoms with van der Waals surface area (Å²) in [4.78, 5) is 45.9. The van der Waals surface area contributed by atoms with Crippen molar-refractivity contribution in [3.05, 3.63) is 17.3 Å². The van der Waals surface area contributed by atoms with E-state index in [9.17, 15) is 14.4 Å². The first kappa shape index (κ1) is 19.9. The molecule has 1 N–H and O–H groups in total. The van der Waals surface area contributed by atoms with Crippen LogP contribution < -0.4 is 0 Å². The van der Waals surface area contributed by atoms with Crippen LogP contribution >= 0.6 is 12.2 Å². The molecule has 0 radical (unpaired) electrons. The highest BCUT2D eigenvalue weighted by molar-refractivity contribution is 7.71. The van der Waals surface area contributed by atoms with Crippen molar-refractivity contribution in [3.8, 4) is 0 Å². The fourth-order valence-corrected chi connectivity index (χ4v) is 3.23. The Labute approximate surface area is 163 Å². The topological polar surface area (TPSA) is 135 Å². The number of hydrogen-bond acceptors (Lipinski definition) is 10. The number of aromatic nitrogens is 4. The average molecular weight is 410 g/mol. The van der Waals surface area contributed by atoms with Crippen molar-refractivity contribution in [2.75, 3.05) is 6.61 Å². The molecule has 0 unspecified atom stereocenters. The van der Waals surface area contributed by atoms with Gasteiger partial charge in [-0.25, -0.2) is 9.97 Å². The number of esters is 3. The van der Waals surface area contributed by atoms with Gasteiger partial charge in [-0.15, -0.1) is 0 Å². The summed E-state index contributed by atoms with van der Waals surface area (Å²) < 4.78 is 23.6. The van der Waals surface area contributed by atoms with E-state index in [0.29, 0.717) is 11.2 Å². The number of rotatable bonds is 4. The third-order valence-electron chi connectivity index (χ3n) is 3.98. The van der Waals surface area contributed by atoms with Crippen molar-refractivity contribution in [1.29, 1.82) is 0 Å². The summed E-state index contributed by atoms with van der Waals surface area (Å²) in [5, 5.41) is 0. The van der Waals surface area contributed by atoms with Crippen molar-refractivity contribution in [1.82, 2.24) is 19.5 Å². The number of H-pyrrole nitrogens is 1. The first-order valence-corrected chi connectivity index (χ1v) is 8.72. The largest absolute Gasteiger partial charge is 0.456 e. The van der Waals surface area contributed by atoms with E-state index in [-0.39, 0.29) is 11.2 Å². The number of fused-ring (bicyclic) bond motifs is 1. The van der Waals surface area contributed by atoms with Gasteiger partial charge >= 0.3 is 17.9 Å². The summed E-state index contributed by atoms with van der Waals surface area (Å²) in [6, 6.07) is 0. The third-order valence-corrected chi connectivity index (χ3v) is 4.28. The van der Waals surface area contributed by atoms with Crippen molar-refractivity contribution < 1.29 is 33.3 Å². The van der Waals surface area contributed by atoms with Crippen LogP contribution in [0.1, 0.15) is 27.0 Å². The van der Waals surface area contributed by atoms with Gasteiger partial charge in [-0.2, -0.15) is 0 Å². The summed E-state index contributed by atoms with van der Waals surface area (Å²) in [7, 11) is 0. The average Bonchev–Trinajstić information content (AvgIpc) is 3.02. The van der Waals surface area contributed by atoms with E-state index < -0.39 is 42.4 Å². The normalized spacial score (nSPS) is 24.5. The van der Waals surface area contributed by atoms with E-state index in [4.69, 9.17) is 31.2 Å². The molecule has 11 nitrogen and oxygen atoms in total.